The van der Waals surface area contributed by atoms with Gasteiger partial charge in [-0.3, -0.25) is 0 Å². The van der Waals surface area contributed by atoms with E-state index in [1.165, 1.54) is 44.9 Å². The van der Waals surface area contributed by atoms with Gasteiger partial charge in [0.15, 0.2) is 0 Å². The van der Waals surface area contributed by atoms with E-state index in [0.29, 0.717) is 12.1 Å². The Morgan fingerprint density at radius 2 is 2.00 bits per heavy atom. The summed E-state index contributed by atoms with van der Waals surface area (Å²) in [5, 5.41) is 3.61. The Bertz CT molecular complexity index is 237. The molecule has 0 spiro atoms. The summed E-state index contributed by atoms with van der Waals surface area (Å²) in [4.78, 5) is 0. The van der Waals surface area contributed by atoms with Crippen molar-refractivity contribution in [1.82, 2.24) is 5.32 Å². The highest BCUT2D eigenvalue weighted by Crippen LogP contribution is 2.38. The Hall–Kier alpha value is -0.0800. The van der Waals surface area contributed by atoms with Gasteiger partial charge in [-0.25, -0.2) is 0 Å². The molecule has 100 valence electrons. The van der Waals surface area contributed by atoms with Crippen molar-refractivity contribution in [2.75, 3.05) is 6.54 Å². The first kappa shape index (κ1) is 13.4. The van der Waals surface area contributed by atoms with Crippen LogP contribution in [0.25, 0.3) is 0 Å². The van der Waals surface area contributed by atoms with Crippen LogP contribution in [0.15, 0.2) is 0 Å². The van der Waals surface area contributed by atoms with E-state index in [9.17, 15) is 0 Å². The first-order chi connectivity index (χ1) is 8.10. The molecule has 2 atom stereocenters. The van der Waals surface area contributed by atoms with Crippen molar-refractivity contribution < 1.29 is 4.74 Å². The van der Waals surface area contributed by atoms with Crippen molar-refractivity contribution in [3.8, 4) is 0 Å². The molecule has 2 saturated carbocycles. The number of hydrogen-bond acceptors (Lipinski definition) is 2. The fourth-order valence-electron chi connectivity index (χ4n) is 3.15. The average Bonchev–Trinajstić information content (AvgIpc) is 2.21. The fraction of sp³-hybridized carbons (Fsp3) is 1.00. The third-order valence-corrected chi connectivity index (χ3v) is 4.35. The lowest BCUT2D eigenvalue weighted by Gasteiger charge is -2.45. The van der Waals surface area contributed by atoms with Crippen molar-refractivity contribution in [3.63, 3.8) is 0 Å². The van der Waals surface area contributed by atoms with E-state index in [1.807, 2.05) is 0 Å². The summed E-state index contributed by atoms with van der Waals surface area (Å²) >= 11 is 0. The molecule has 2 heteroatoms. The van der Waals surface area contributed by atoms with Gasteiger partial charge in [0.25, 0.3) is 0 Å². The minimum Gasteiger partial charge on any atom is -0.370 e. The van der Waals surface area contributed by atoms with Crippen LogP contribution >= 0.6 is 0 Å². The van der Waals surface area contributed by atoms with Gasteiger partial charge in [-0.05, 0) is 38.0 Å². The van der Waals surface area contributed by atoms with Gasteiger partial charge in [0.1, 0.15) is 0 Å². The molecule has 0 aromatic rings. The van der Waals surface area contributed by atoms with E-state index < -0.39 is 0 Å². The third-order valence-electron chi connectivity index (χ3n) is 4.35. The minimum atomic E-state index is 0.146. The summed E-state index contributed by atoms with van der Waals surface area (Å²) in [6, 6.07) is 0.564. The molecular weight excluding hydrogens is 210 g/mol. The maximum atomic E-state index is 6.47. The highest BCUT2D eigenvalue weighted by atomic mass is 16.5. The molecule has 0 bridgehead atoms. The van der Waals surface area contributed by atoms with E-state index in [2.05, 4.69) is 26.1 Å². The van der Waals surface area contributed by atoms with Gasteiger partial charge < -0.3 is 10.1 Å². The zero-order chi connectivity index (χ0) is 12.3. The first-order valence-corrected chi connectivity index (χ1v) is 7.51. The zero-order valence-electron chi connectivity index (χ0n) is 11.8. The van der Waals surface area contributed by atoms with Gasteiger partial charge in [-0.15, -0.1) is 0 Å². The van der Waals surface area contributed by atoms with Gasteiger partial charge in [0.05, 0.1) is 11.7 Å². The second-order valence-electron chi connectivity index (χ2n) is 6.59. The highest BCUT2D eigenvalue weighted by Gasteiger charge is 2.39. The molecule has 2 rings (SSSR count). The van der Waals surface area contributed by atoms with Gasteiger partial charge in [-0.2, -0.15) is 0 Å². The molecule has 2 unspecified atom stereocenters. The first-order valence-electron chi connectivity index (χ1n) is 7.51. The summed E-state index contributed by atoms with van der Waals surface area (Å²) in [7, 11) is 0. The number of ether oxygens (including phenoxy) is 1. The van der Waals surface area contributed by atoms with E-state index in [0.717, 1.165) is 12.5 Å². The van der Waals surface area contributed by atoms with Gasteiger partial charge in [0.2, 0.25) is 0 Å². The van der Waals surface area contributed by atoms with Crippen LogP contribution in [-0.2, 0) is 4.74 Å². The summed E-state index contributed by atoms with van der Waals surface area (Å²) in [6.07, 6.45) is 9.75. The second-order valence-corrected chi connectivity index (χ2v) is 6.59. The van der Waals surface area contributed by atoms with E-state index >= 15 is 0 Å². The van der Waals surface area contributed by atoms with Gasteiger partial charge >= 0.3 is 0 Å². The summed E-state index contributed by atoms with van der Waals surface area (Å²) in [5.41, 5.74) is 0.146. The molecule has 0 heterocycles. The molecule has 0 amide bonds. The van der Waals surface area contributed by atoms with Crippen molar-refractivity contribution in [1.29, 1.82) is 0 Å². The predicted molar refractivity (Wildman–Crippen MR) is 72.2 cm³/mol. The topological polar surface area (TPSA) is 21.3 Å². The Morgan fingerprint density at radius 1 is 1.24 bits per heavy atom. The molecule has 2 fully saturated rings. The van der Waals surface area contributed by atoms with Crippen molar-refractivity contribution in [2.45, 2.75) is 83.5 Å². The van der Waals surface area contributed by atoms with E-state index in [-0.39, 0.29) is 5.60 Å². The maximum absolute atomic E-state index is 6.47. The number of rotatable bonds is 5. The molecule has 0 aromatic carbocycles. The second kappa shape index (κ2) is 5.71. The highest BCUT2D eigenvalue weighted by molar-refractivity contribution is 4.91. The quantitative estimate of drug-likeness (QED) is 0.793. The minimum absolute atomic E-state index is 0.146. The normalized spacial score (nSPS) is 34.9. The molecule has 2 nitrogen and oxygen atoms in total. The third kappa shape index (κ3) is 3.69. The molecule has 0 aliphatic heterocycles. The monoisotopic (exact) mass is 239 g/mol. The summed E-state index contributed by atoms with van der Waals surface area (Å²) in [5.74, 6) is 0.831. The molecular formula is C15H29NO. The standard InChI is InChI=1S/C15H29NO/c1-12(2)16-11-15(17-14-7-4-8-14)9-5-6-13(3)10-15/h12-14,16H,4-11H2,1-3H3. The SMILES string of the molecule is CC1CCCC(CNC(C)C)(OC2CCC2)C1. The number of nitrogens with one attached hydrogen (secondary N) is 1. The Morgan fingerprint density at radius 3 is 2.53 bits per heavy atom. The van der Waals surface area contributed by atoms with Crippen molar-refractivity contribution in [3.05, 3.63) is 0 Å². The van der Waals surface area contributed by atoms with E-state index in [4.69, 9.17) is 4.74 Å². The molecule has 0 radical (unpaired) electrons. The largest absolute Gasteiger partial charge is 0.370 e. The van der Waals surface area contributed by atoms with Crippen molar-refractivity contribution >= 4 is 0 Å². The molecule has 2 aliphatic rings. The zero-order valence-corrected chi connectivity index (χ0v) is 11.8. The van der Waals surface area contributed by atoms with Crippen LogP contribution in [0.3, 0.4) is 0 Å². The van der Waals surface area contributed by atoms with Gasteiger partial charge in [0, 0.05) is 12.6 Å². The van der Waals surface area contributed by atoms with Crippen molar-refractivity contribution in [2.24, 2.45) is 5.92 Å². The molecule has 0 aromatic heterocycles. The molecule has 0 saturated heterocycles. The lowest BCUT2D eigenvalue weighted by molar-refractivity contribution is -0.143. The number of hydrogen-bond donors (Lipinski definition) is 1. The molecule has 1 N–H and O–H groups in total. The van der Waals surface area contributed by atoms with Crippen LogP contribution in [0.5, 0.6) is 0 Å². The Kier molecular flexibility index (Phi) is 4.48. The van der Waals surface area contributed by atoms with Crippen LogP contribution in [0.4, 0.5) is 0 Å². The van der Waals surface area contributed by atoms with Crippen LogP contribution in [0.1, 0.15) is 65.7 Å². The lowest BCUT2D eigenvalue weighted by atomic mass is 9.78. The van der Waals surface area contributed by atoms with E-state index in [1.54, 1.807) is 0 Å². The fourth-order valence-corrected chi connectivity index (χ4v) is 3.15. The summed E-state index contributed by atoms with van der Waals surface area (Å²) < 4.78 is 6.47. The van der Waals surface area contributed by atoms with Crippen LogP contribution < -0.4 is 5.32 Å². The van der Waals surface area contributed by atoms with Crippen LogP contribution in [0.2, 0.25) is 0 Å². The maximum Gasteiger partial charge on any atom is 0.0812 e. The Balaban J connectivity index is 1.93. The summed E-state index contributed by atoms with van der Waals surface area (Å²) in [6.45, 7) is 7.88. The smallest absolute Gasteiger partial charge is 0.0812 e. The predicted octanol–water partition coefficient (Wildman–Crippen LogP) is 3.50. The molecule has 17 heavy (non-hydrogen) atoms. The molecule has 2 aliphatic carbocycles. The lowest BCUT2D eigenvalue weighted by Crippen LogP contribution is -2.50. The Labute approximate surface area is 107 Å². The van der Waals surface area contributed by atoms with Crippen LogP contribution in [-0.4, -0.2) is 24.3 Å². The van der Waals surface area contributed by atoms with Gasteiger partial charge in [-0.1, -0.05) is 33.6 Å². The van der Waals surface area contributed by atoms with Crippen LogP contribution in [0, 0.1) is 5.92 Å². The average molecular weight is 239 g/mol.